The minimum absolute atomic E-state index is 0.00633. The van der Waals surface area contributed by atoms with Gasteiger partial charge in [0.25, 0.3) is 5.69 Å². The monoisotopic (exact) mass is 385 g/mol. The molecule has 3 rings (SSSR count). The zero-order valence-electron chi connectivity index (χ0n) is 15.7. The molecule has 0 aliphatic rings. The first-order valence-electron chi connectivity index (χ1n) is 8.99. The van der Waals surface area contributed by atoms with E-state index >= 15 is 0 Å². The minimum Gasteiger partial charge on any atom is -0.463 e. The summed E-state index contributed by atoms with van der Waals surface area (Å²) in [6.07, 6.45) is 3.73. The largest absolute Gasteiger partial charge is 0.463 e. The Balaban J connectivity index is 2.12. The molecule has 0 radical (unpaired) electrons. The molecule has 27 heavy (non-hydrogen) atoms. The quantitative estimate of drug-likeness (QED) is 0.373. The number of hydrogen-bond acceptors (Lipinski definition) is 5. The summed E-state index contributed by atoms with van der Waals surface area (Å²) in [6.45, 7) is 6.56. The van der Waals surface area contributed by atoms with Crippen LogP contribution >= 0.6 is 11.3 Å². The van der Waals surface area contributed by atoms with E-state index < -0.39 is 4.92 Å². The lowest BCUT2D eigenvalue weighted by molar-refractivity contribution is -0.384. The van der Waals surface area contributed by atoms with Gasteiger partial charge >= 0.3 is 0 Å². The number of hydrogen-bond donors (Lipinski definition) is 0. The second-order valence-electron chi connectivity index (χ2n) is 6.93. The van der Waals surface area contributed by atoms with Gasteiger partial charge in [0, 0.05) is 17.5 Å². The molecule has 7 heteroatoms. The van der Waals surface area contributed by atoms with Crippen LogP contribution in [0.15, 0.2) is 57.5 Å². The van der Waals surface area contributed by atoms with E-state index in [0.29, 0.717) is 11.6 Å². The van der Waals surface area contributed by atoms with Crippen molar-refractivity contribution in [2.24, 2.45) is 10.9 Å². The normalized spacial score (nSPS) is 13.3. The summed E-state index contributed by atoms with van der Waals surface area (Å²) in [6, 6.07) is 10.5. The minimum atomic E-state index is -0.396. The molecule has 2 aromatic heterocycles. The molecule has 0 aliphatic carbocycles. The van der Waals surface area contributed by atoms with Gasteiger partial charge in [-0.1, -0.05) is 26.0 Å². The molecule has 142 valence electrons. The van der Waals surface area contributed by atoms with Crippen LogP contribution in [0.1, 0.15) is 39.7 Å². The Morgan fingerprint density at radius 2 is 1.96 bits per heavy atom. The fourth-order valence-electron chi connectivity index (χ4n) is 2.95. The van der Waals surface area contributed by atoms with Crippen molar-refractivity contribution in [1.82, 2.24) is 4.57 Å². The Bertz CT molecular complexity index is 971. The number of thiazole rings is 1. The van der Waals surface area contributed by atoms with Gasteiger partial charge in [-0.2, -0.15) is 0 Å². The van der Waals surface area contributed by atoms with E-state index in [1.807, 2.05) is 17.5 Å². The van der Waals surface area contributed by atoms with Gasteiger partial charge in [-0.25, -0.2) is 4.99 Å². The maximum absolute atomic E-state index is 11.3. The lowest BCUT2D eigenvalue weighted by atomic mass is 10.0. The van der Waals surface area contributed by atoms with E-state index in [1.54, 1.807) is 24.5 Å². The first-order valence-corrected chi connectivity index (χ1v) is 9.87. The Morgan fingerprint density at radius 1 is 1.19 bits per heavy atom. The molecule has 6 nitrogen and oxygen atoms in total. The molecular weight excluding hydrogens is 362 g/mol. The Hall–Kier alpha value is -2.67. The number of nitro benzene ring substituents is 1. The lowest BCUT2D eigenvalue weighted by Crippen LogP contribution is -2.20. The molecule has 1 aromatic carbocycles. The van der Waals surface area contributed by atoms with Crippen LogP contribution in [0, 0.1) is 16.0 Å². The second kappa shape index (κ2) is 8.35. The zero-order chi connectivity index (χ0) is 19.4. The Kier molecular flexibility index (Phi) is 5.91. The predicted octanol–water partition coefficient (Wildman–Crippen LogP) is 5.95. The van der Waals surface area contributed by atoms with E-state index in [4.69, 9.17) is 4.42 Å². The molecule has 1 unspecified atom stereocenters. The van der Waals surface area contributed by atoms with Crippen molar-refractivity contribution in [3.05, 3.63) is 63.0 Å². The highest BCUT2D eigenvalue weighted by Gasteiger charge is 2.18. The van der Waals surface area contributed by atoms with E-state index in [9.17, 15) is 10.1 Å². The van der Waals surface area contributed by atoms with Crippen LogP contribution < -0.4 is 4.80 Å². The number of furan rings is 1. The second-order valence-corrected chi connectivity index (χ2v) is 7.77. The first-order chi connectivity index (χ1) is 13.0. The maximum atomic E-state index is 11.3. The van der Waals surface area contributed by atoms with E-state index in [0.717, 1.165) is 29.1 Å². The third-order valence-corrected chi connectivity index (χ3v) is 5.25. The van der Waals surface area contributed by atoms with Crippen molar-refractivity contribution in [3.8, 4) is 11.5 Å². The number of nitrogens with zero attached hydrogens (tertiary/aromatic N) is 3. The van der Waals surface area contributed by atoms with Crippen LogP contribution in [-0.4, -0.2) is 9.49 Å². The summed E-state index contributed by atoms with van der Waals surface area (Å²) in [4.78, 5) is 16.3. The van der Waals surface area contributed by atoms with Gasteiger partial charge < -0.3 is 8.98 Å². The van der Waals surface area contributed by atoms with Gasteiger partial charge in [0.05, 0.1) is 16.9 Å². The number of benzene rings is 1. The van der Waals surface area contributed by atoms with E-state index in [2.05, 4.69) is 30.3 Å². The molecule has 0 N–H and O–H groups in total. The molecule has 0 saturated heterocycles. The topological polar surface area (TPSA) is 73.6 Å². The number of rotatable bonds is 7. The number of aromatic nitrogens is 1. The van der Waals surface area contributed by atoms with Gasteiger partial charge in [-0.05, 0) is 43.9 Å². The third kappa shape index (κ3) is 4.36. The van der Waals surface area contributed by atoms with Gasteiger partial charge in [0.15, 0.2) is 10.6 Å². The summed E-state index contributed by atoms with van der Waals surface area (Å²) in [7, 11) is 0. The summed E-state index contributed by atoms with van der Waals surface area (Å²) >= 11 is 1.47. The van der Waals surface area contributed by atoms with Gasteiger partial charge in [-0.3, -0.25) is 10.1 Å². The van der Waals surface area contributed by atoms with E-state index in [-0.39, 0.29) is 11.7 Å². The fourth-order valence-corrected chi connectivity index (χ4v) is 3.94. The number of nitro groups is 1. The van der Waals surface area contributed by atoms with E-state index in [1.165, 1.54) is 17.4 Å². The average Bonchev–Trinajstić information content (AvgIpc) is 3.29. The highest BCUT2D eigenvalue weighted by Crippen LogP contribution is 2.29. The smallest absolute Gasteiger partial charge is 0.294 e. The molecule has 0 saturated carbocycles. The van der Waals surface area contributed by atoms with Gasteiger partial charge in [0.2, 0.25) is 0 Å². The molecule has 3 aromatic rings. The van der Waals surface area contributed by atoms with Crippen molar-refractivity contribution in [2.75, 3.05) is 0 Å². The first kappa shape index (κ1) is 19.1. The lowest BCUT2D eigenvalue weighted by Gasteiger charge is -2.17. The molecule has 0 spiro atoms. The maximum Gasteiger partial charge on any atom is 0.294 e. The molecule has 0 amide bonds. The molecule has 1 atom stereocenters. The van der Waals surface area contributed by atoms with Crippen molar-refractivity contribution >= 4 is 22.7 Å². The van der Waals surface area contributed by atoms with Gasteiger partial charge in [0.1, 0.15) is 5.69 Å². The third-order valence-electron chi connectivity index (χ3n) is 4.41. The Labute approximate surface area is 162 Å². The fraction of sp³-hybridized carbons (Fsp3) is 0.350. The summed E-state index contributed by atoms with van der Waals surface area (Å²) in [5.41, 5.74) is 1.31. The molecule has 0 aliphatic heterocycles. The summed E-state index contributed by atoms with van der Waals surface area (Å²) in [5.74, 6) is 1.38. The van der Waals surface area contributed by atoms with Crippen molar-refractivity contribution in [3.63, 3.8) is 0 Å². The van der Waals surface area contributed by atoms with Crippen LogP contribution in [0.4, 0.5) is 11.4 Å². The van der Waals surface area contributed by atoms with Gasteiger partial charge in [-0.15, -0.1) is 11.3 Å². The van der Waals surface area contributed by atoms with Crippen molar-refractivity contribution in [1.29, 1.82) is 0 Å². The zero-order valence-corrected chi connectivity index (χ0v) is 16.5. The molecular formula is C20H23N3O3S. The van der Waals surface area contributed by atoms with Crippen LogP contribution in [0.5, 0.6) is 0 Å². The Morgan fingerprint density at radius 3 is 2.63 bits per heavy atom. The summed E-state index contributed by atoms with van der Waals surface area (Å²) in [5, 5.41) is 13.3. The highest BCUT2D eigenvalue weighted by molar-refractivity contribution is 7.07. The highest BCUT2D eigenvalue weighted by atomic mass is 32.1. The van der Waals surface area contributed by atoms with Crippen LogP contribution in [0.2, 0.25) is 0 Å². The molecule has 0 fully saturated rings. The average molecular weight is 385 g/mol. The molecule has 2 heterocycles. The van der Waals surface area contributed by atoms with Crippen LogP contribution in [-0.2, 0) is 0 Å². The summed E-state index contributed by atoms with van der Waals surface area (Å²) < 4.78 is 7.72. The van der Waals surface area contributed by atoms with Crippen molar-refractivity contribution < 1.29 is 9.34 Å². The molecule has 0 bridgehead atoms. The van der Waals surface area contributed by atoms with Crippen LogP contribution in [0.25, 0.3) is 11.5 Å². The van der Waals surface area contributed by atoms with Crippen molar-refractivity contribution in [2.45, 2.75) is 39.7 Å². The predicted molar refractivity (Wildman–Crippen MR) is 107 cm³/mol. The SMILES string of the molecule is CC(C)CCC(C)n1c(-c2ccco2)csc1=Nc1ccccc1[N+](=O)[O-]. The number of para-hydroxylation sites is 2. The van der Waals surface area contributed by atoms with Crippen LogP contribution in [0.3, 0.4) is 0 Å². The standard InChI is InChI=1S/C20H23N3O3S/c1-14(2)10-11-15(3)22-18(19-9-6-12-26-19)13-27-20(22)21-16-7-4-5-8-17(16)23(24)25/h4-9,12-15H,10-11H2,1-3H3.